The summed E-state index contributed by atoms with van der Waals surface area (Å²) in [4.78, 5) is 13.0. The molecule has 1 N–H and O–H groups in total. The fourth-order valence-electron chi connectivity index (χ4n) is 1.97. The minimum atomic E-state index is 0.0467. The molecule has 98 valence electrons. The number of nitrogens with one attached hydrogen (secondary N) is 1. The monoisotopic (exact) mass is 265 g/mol. The van der Waals surface area contributed by atoms with Gasteiger partial charge < -0.3 is 10.1 Å². The van der Waals surface area contributed by atoms with E-state index in [0.717, 1.165) is 36.5 Å². The van der Waals surface area contributed by atoms with Crippen LogP contribution in [0.15, 0.2) is 29.2 Å². The lowest BCUT2D eigenvalue weighted by atomic mass is 10.2. The molecule has 1 atom stereocenters. The molecule has 1 aromatic rings. The van der Waals surface area contributed by atoms with Gasteiger partial charge in [-0.25, -0.2) is 0 Å². The van der Waals surface area contributed by atoms with Gasteiger partial charge in [0.25, 0.3) is 0 Å². The van der Waals surface area contributed by atoms with E-state index in [1.165, 1.54) is 0 Å². The van der Waals surface area contributed by atoms with Gasteiger partial charge in [-0.2, -0.15) is 0 Å². The molecule has 1 fully saturated rings. The first kappa shape index (κ1) is 13.3. The van der Waals surface area contributed by atoms with Crippen molar-refractivity contribution in [2.24, 2.45) is 0 Å². The zero-order chi connectivity index (χ0) is 12.8. The highest BCUT2D eigenvalue weighted by atomic mass is 32.2. The maximum atomic E-state index is 11.8. The second-order valence-electron chi connectivity index (χ2n) is 4.30. The summed E-state index contributed by atoms with van der Waals surface area (Å²) in [5.41, 5.74) is 0. The normalized spacial score (nSPS) is 20.1. The molecule has 0 bridgehead atoms. The fraction of sp³-hybridized carbons (Fsp3) is 0.500. The molecule has 4 heteroatoms. The first-order valence-electron chi connectivity index (χ1n) is 6.47. The smallest absolute Gasteiger partial charge is 0.233 e. The van der Waals surface area contributed by atoms with E-state index in [9.17, 15) is 4.79 Å². The number of thioether (sulfide) groups is 1. The highest BCUT2D eigenvalue weighted by molar-refractivity contribution is 8.00. The molecule has 1 saturated heterocycles. The van der Waals surface area contributed by atoms with E-state index >= 15 is 0 Å². The van der Waals surface area contributed by atoms with Gasteiger partial charge in [-0.15, -0.1) is 11.8 Å². The third-order valence-electron chi connectivity index (χ3n) is 2.90. The van der Waals surface area contributed by atoms with Crippen LogP contribution in [-0.2, 0) is 4.79 Å². The van der Waals surface area contributed by atoms with E-state index in [1.54, 1.807) is 11.8 Å². The Balaban J connectivity index is 1.97. The molecule has 0 spiro atoms. The number of benzene rings is 1. The van der Waals surface area contributed by atoms with Gasteiger partial charge in [-0.1, -0.05) is 6.42 Å². The molecule has 1 aromatic carbocycles. The van der Waals surface area contributed by atoms with Gasteiger partial charge in [0.15, 0.2) is 0 Å². The number of rotatable bonds is 4. The molecule has 0 aliphatic carbocycles. The van der Waals surface area contributed by atoms with Gasteiger partial charge in [-0.05, 0) is 44.0 Å². The molecule has 1 heterocycles. The number of carbonyl (C=O) groups excluding carboxylic acids is 1. The predicted molar refractivity (Wildman–Crippen MR) is 74.1 cm³/mol. The van der Waals surface area contributed by atoms with E-state index in [-0.39, 0.29) is 11.2 Å². The van der Waals surface area contributed by atoms with Crippen molar-refractivity contribution in [2.45, 2.75) is 36.3 Å². The third kappa shape index (κ3) is 3.67. The van der Waals surface area contributed by atoms with Crippen LogP contribution < -0.4 is 10.1 Å². The molecule has 0 unspecified atom stereocenters. The van der Waals surface area contributed by atoms with Crippen LogP contribution in [0, 0.1) is 0 Å². The van der Waals surface area contributed by atoms with E-state index in [1.807, 2.05) is 31.2 Å². The van der Waals surface area contributed by atoms with Crippen LogP contribution in [-0.4, -0.2) is 24.3 Å². The van der Waals surface area contributed by atoms with Gasteiger partial charge in [-0.3, -0.25) is 4.79 Å². The minimum Gasteiger partial charge on any atom is -0.494 e. The van der Waals surface area contributed by atoms with Crippen LogP contribution in [0.1, 0.15) is 26.2 Å². The molecule has 0 saturated carbocycles. The van der Waals surface area contributed by atoms with Gasteiger partial charge in [0.05, 0.1) is 11.9 Å². The standard InChI is InChI=1S/C14H19NO2S/c1-2-17-11-6-8-12(9-7-11)18-13-5-3-4-10-15-14(13)16/h6-9,13H,2-5,10H2,1H3,(H,15,16)/t13-/m1/s1. The van der Waals surface area contributed by atoms with Gasteiger partial charge in [0.1, 0.15) is 5.75 Å². The maximum Gasteiger partial charge on any atom is 0.233 e. The van der Waals surface area contributed by atoms with Gasteiger partial charge in [0.2, 0.25) is 5.91 Å². The molecule has 1 amide bonds. The molecule has 1 aliphatic heterocycles. The van der Waals surface area contributed by atoms with E-state index in [4.69, 9.17) is 4.74 Å². The van der Waals surface area contributed by atoms with Crippen molar-refractivity contribution < 1.29 is 9.53 Å². The Hall–Kier alpha value is -1.16. The molecule has 2 rings (SSSR count). The van der Waals surface area contributed by atoms with Crippen molar-refractivity contribution in [3.8, 4) is 5.75 Å². The van der Waals surface area contributed by atoms with Crippen molar-refractivity contribution in [2.75, 3.05) is 13.2 Å². The molecule has 3 nitrogen and oxygen atoms in total. The summed E-state index contributed by atoms with van der Waals surface area (Å²) < 4.78 is 5.40. The second-order valence-corrected chi connectivity index (χ2v) is 5.57. The average Bonchev–Trinajstić information content (AvgIpc) is 2.58. The highest BCUT2D eigenvalue weighted by Crippen LogP contribution is 2.29. The van der Waals surface area contributed by atoms with E-state index in [0.29, 0.717) is 6.61 Å². The summed E-state index contributed by atoms with van der Waals surface area (Å²) in [6.07, 6.45) is 3.17. The Morgan fingerprint density at radius 2 is 2.11 bits per heavy atom. The topological polar surface area (TPSA) is 38.3 Å². The van der Waals surface area contributed by atoms with Crippen LogP contribution in [0.3, 0.4) is 0 Å². The zero-order valence-electron chi connectivity index (χ0n) is 10.6. The number of ether oxygens (including phenoxy) is 1. The average molecular weight is 265 g/mol. The quantitative estimate of drug-likeness (QED) is 0.909. The summed E-state index contributed by atoms with van der Waals surface area (Å²) in [7, 11) is 0. The molecule has 1 aliphatic rings. The lowest BCUT2D eigenvalue weighted by Crippen LogP contribution is -2.30. The zero-order valence-corrected chi connectivity index (χ0v) is 11.5. The van der Waals surface area contributed by atoms with Crippen molar-refractivity contribution in [1.82, 2.24) is 5.32 Å². The lowest BCUT2D eigenvalue weighted by Gasteiger charge is -2.12. The molecule has 0 radical (unpaired) electrons. The van der Waals surface area contributed by atoms with Crippen molar-refractivity contribution in [3.63, 3.8) is 0 Å². The first-order chi connectivity index (χ1) is 8.79. The van der Waals surface area contributed by atoms with Crippen molar-refractivity contribution >= 4 is 17.7 Å². The molecular formula is C14H19NO2S. The Labute approximate surface area is 112 Å². The van der Waals surface area contributed by atoms with E-state index in [2.05, 4.69) is 5.32 Å². The third-order valence-corrected chi connectivity index (χ3v) is 4.18. The minimum absolute atomic E-state index is 0.0467. The number of carbonyl (C=O) groups is 1. The van der Waals surface area contributed by atoms with Gasteiger partial charge >= 0.3 is 0 Å². The molecule has 18 heavy (non-hydrogen) atoms. The Kier molecular flexibility index (Phi) is 4.93. The summed E-state index contributed by atoms with van der Waals surface area (Å²) >= 11 is 1.65. The SMILES string of the molecule is CCOc1ccc(S[C@@H]2CCCCNC2=O)cc1. The Morgan fingerprint density at radius 3 is 2.83 bits per heavy atom. The maximum absolute atomic E-state index is 11.8. The number of hydrogen-bond acceptors (Lipinski definition) is 3. The lowest BCUT2D eigenvalue weighted by molar-refractivity contribution is -0.120. The van der Waals surface area contributed by atoms with Crippen LogP contribution >= 0.6 is 11.8 Å². The van der Waals surface area contributed by atoms with Crippen LogP contribution in [0.2, 0.25) is 0 Å². The Morgan fingerprint density at radius 1 is 1.33 bits per heavy atom. The summed E-state index contributed by atoms with van der Waals surface area (Å²) in [6.45, 7) is 3.47. The van der Waals surface area contributed by atoms with Crippen molar-refractivity contribution in [1.29, 1.82) is 0 Å². The first-order valence-corrected chi connectivity index (χ1v) is 7.35. The summed E-state index contributed by atoms with van der Waals surface area (Å²) in [5, 5.41) is 3.01. The second kappa shape index (κ2) is 6.69. The number of amides is 1. The highest BCUT2D eigenvalue weighted by Gasteiger charge is 2.21. The fourth-order valence-corrected chi connectivity index (χ4v) is 3.07. The van der Waals surface area contributed by atoms with Crippen molar-refractivity contribution in [3.05, 3.63) is 24.3 Å². The van der Waals surface area contributed by atoms with Gasteiger partial charge in [0, 0.05) is 11.4 Å². The van der Waals surface area contributed by atoms with Crippen LogP contribution in [0.4, 0.5) is 0 Å². The summed E-state index contributed by atoms with van der Waals surface area (Å²) in [6, 6.07) is 7.96. The Bertz CT molecular complexity index is 391. The van der Waals surface area contributed by atoms with Crippen LogP contribution in [0.25, 0.3) is 0 Å². The largest absolute Gasteiger partial charge is 0.494 e. The van der Waals surface area contributed by atoms with Crippen LogP contribution in [0.5, 0.6) is 5.75 Å². The predicted octanol–water partition coefficient (Wildman–Crippen LogP) is 2.85. The number of hydrogen-bond donors (Lipinski definition) is 1. The molecule has 0 aromatic heterocycles. The molecular weight excluding hydrogens is 246 g/mol. The van der Waals surface area contributed by atoms with E-state index < -0.39 is 0 Å². The summed E-state index contributed by atoms with van der Waals surface area (Å²) in [5.74, 6) is 1.05.